The number of amides is 1. The van der Waals surface area contributed by atoms with E-state index in [0.717, 1.165) is 16.8 Å². The van der Waals surface area contributed by atoms with Crippen molar-refractivity contribution in [1.82, 2.24) is 5.32 Å². The molecule has 0 spiro atoms. The summed E-state index contributed by atoms with van der Waals surface area (Å²) in [4.78, 5) is 11.6. The maximum absolute atomic E-state index is 11.6. The first kappa shape index (κ1) is 11.3. The van der Waals surface area contributed by atoms with E-state index in [4.69, 9.17) is 0 Å². The van der Waals surface area contributed by atoms with Gasteiger partial charge in [-0.05, 0) is 31.5 Å². The maximum Gasteiger partial charge on any atom is 0.251 e. The molecule has 0 aromatic heterocycles. The zero-order valence-corrected chi connectivity index (χ0v) is 10.4. The molecule has 0 saturated heterocycles. The van der Waals surface area contributed by atoms with Gasteiger partial charge in [0, 0.05) is 17.8 Å². The van der Waals surface area contributed by atoms with Gasteiger partial charge in [-0.15, -0.1) is 0 Å². The summed E-state index contributed by atoms with van der Waals surface area (Å²) in [7, 11) is 0. The van der Waals surface area contributed by atoms with Gasteiger partial charge in [-0.2, -0.15) is 0 Å². The number of hydrogen-bond acceptors (Lipinski definition) is 2. The van der Waals surface area contributed by atoms with Crippen molar-refractivity contribution in [2.75, 3.05) is 10.1 Å². The van der Waals surface area contributed by atoms with Gasteiger partial charge in [-0.25, -0.2) is 0 Å². The summed E-state index contributed by atoms with van der Waals surface area (Å²) in [6.45, 7) is 4.50. The van der Waals surface area contributed by atoms with Crippen LogP contribution in [0, 0.1) is 6.92 Å². The lowest BCUT2D eigenvalue weighted by atomic mass is 10.1. The van der Waals surface area contributed by atoms with Gasteiger partial charge in [0.05, 0.1) is 22.9 Å². The van der Waals surface area contributed by atoms with E-state index in [2.05, 4.69) is 8.85 Å². The number of benzene rings is 1. The van der Waals surface area contributed by atoms with Crippen LogP contribution in [-0.4, -0.2) is 12.5 Å². The molecule has 0 bridgehead atoms. The van der Waals surface area contributed by atoms with Crippen molar-refractivity contribution in [3.8, 4) is 0 Å². The van der Waals surface area contributed by atoms with Crippen LogP contribution >= 0.6 is 22.9 Å². The third kappa shape index (κ3) is 2.60. The number of halogens is 1. The van der Waals surface area contributed by atoms with Crippen molar-refractivity contribution in [2.24, 2.45) is 0 Å². The van der Waals surface area contributed by atoms with Gasteiger partial charge in [-0.1, -0.05) is 6.07 Å². The first-order valence-electron chi connectivity index (χ1n) is 4.44. The third-order valence-electron chi connectivity index (χ3n) is 1.93. The van der Waals surface area contributed by atoms with Crippen LogP contribution in [0.2, 0.25) is 0 Å². The molecule has 0 aliphatic carbocycles. The van der Waals surface area contributed by atoms with Gasteiger partial charge < -0.3 is 8.85 Å². The highest BCUT2D eigenvalue weighted by Crippen LogP contribution is 2.16. The largest absolute Gasteiger partial charge is 0.352 e. The Balaban J connectivity index is 2.99. The van der Waals surface area contributed by atoms with Crippen LogP contribution in [0.4, 0.5) is 5.69 Å². The molecule has 0 unspecified atom stereocenters. The second-order valence-electron chi connectivity index (χ2n) is 2.98. The van der Waals surface area contributed by atoms with E-state index < -0.39 is 0 Å². The molecule has 14 heavy (non-hydrogen) atoms. The Morgan fingerprint density at radius 1 is 1.50 bits per heavy atom. The van der Waals surface area contributed by atoms with E-state index in [9.17, 15) is 4.79 Å². The number of anilines is 1. The lowest BCUT2D eigenvalue weighted by Gasteiger charge is -2.07. The minimum atomic E-state index is -0.0153. The summed E-state index contributed by atoms with van der Waals surface area (Å²) in [5, 5.41) is 2.78. The molecule has 3 nitrogen and oxygen atoms in total. The summed E-state index contributed by atoms with van der Waals surface area (Å²) in [6, 6.07) is 5.74. The topological polar surface area (TPSA) is 41.1 Å². The van der Waals surface area contributed by atoms with Crippen LogP contribution in [0.15, 0.2) is 18.2 Å². The Morgan fingerprint density at radius 2 is 2.21 bits per heavy atom. The molecule has 1 amide bonds. The molecular formula is C10H13IN2O. The fraction of sp³-hybridized carbons (Fsp3) is 0.300. The van der Waals surface area contributed by atoms with Crippen LogP contribution in [0.1, 0.15) is 22.8 Å². The van der Waals surface area contributed by atoms with E-state index in [1.807, 2.05) is 54.9 Å². The van der Waals surface area contributed by atoms with Crippen LogP contribution in [0.25, 0.3) is 0 Å². The highest BCUT2D eigenvalue weighted by molar-refractivity contribution is 14.1. The number of carbonyl (C=O) groups is 1. The van der Waals surface area contributed by atoms with Crippen molar-refractivity contribution < 1.29 is 4.79 Å². The lowest BCUT2D eigenvalue weighted by molar-refractivity contribution is 0.0955. The molecule has 1 aromatic carbocycles. The molecule has 1 rings (SSSR count). The van der Waals surface area contributed by atoms with Gasteiger partial charge >= 0.3 is 0 Å². The summed E-state index contributed by atoms with van der Waals surface area (Å²) in [6.07, 6.45) is 0. The van der Waals surface area contributed by atoms with Crippen LogP contribution in [0.5, 0.6) is 0 Å². The Kier molecular flexibility index (Phi) is 4.19. The zero-order valence-electron chi connectivity index (χ0n) is 8.23. The minimum absolute atomic E-state index is 0.0153. The Morgan fingerprint density at radius 3 is 2.79 bits per heavy atom. The van der Waals surface area contributed by atoms with Crippen molar-refractivity contribution in [3.05, 3.63) is 29.3 Å². The summed E-state index contributed by atoms with van der Waals surface area (Å²) in [5.74, 6) is -0.0153. The predicted octanol–water partition coefficient (Wildman–Crippen LogP) is 2.51. The average Bonchev–Trinajstić information content (AvgIpc) is 2.19. The molecule has 0 saturated carbocycles. The van der Waals surface area contributed by atoms with E-state index in [0.29, 0.717) is 6.54 Å². The minimum Gasteiger partial charge on any atom is -0.352 e. The number of nitrogens with one attached hydrogen (secondary N) is 2. The molecule has 0 heterocycles. The lowest BCUT2D eigenvalue weighted by Crippen LogP contribution is -2.23. The van der Waals surface area contributed by atoms with Crippen LogP contribution in [0.3, 0.4) is 0 Å². The normalized spacial score (nSPS) is 9.64. The predicted molar refractivity (Wildman–Crippen MR) is 66.8 cm³/mol. The molecule has 76 valence electrons. The number of rotatable bonds is 3. The smallest absolute Gasteiger partial charge is 0.251 e. The van der Waals surface area contributed by atoms with Gasteiger partial charge in [0.15, 0.2) is 0 Å². The second kappa shape index (κ2) is 5.19. The van der Waals surface area contributed by atoms with Gasteiger partial charge in [0.1, 0.15) is 0 Å². The van der Waals surface area contributed by atoms with Gasteiger partial charge in [-0.3, -0.25) is 4.79 Å². The van der Waals surface area contributed by atoms with E-state index in [1.165, 1.54) is 0 Å². The number of carbonyl (C=O) groups excluding carboxylic acids is 1. The van der Waals surface area contributed by atoms with Crippen molar-refractivity contribution >= 4 is 34.5 Å². The number of hydrogen-bond donors (Lipinski definition) is 2. The Bertz CT molecular complexity index is 339. The summed E-state index contributed by atoms with van der Waals surface area (Å²) in [5.41, 5.74) is 2.66. The molecule has 0 aliphatic rings. The molecule has 1 aromatic rings. The zero-order chi connectivity index (χ0) is 10.6. The molecule has 4 heteroatoms. The molecule has 0 aliphatic heterocycles. The second-order valence-corrected chi connectivity index (χ2v) is 3.52. The molecule has 0 radical (unpaired) electrons. The third-order valence-corrected chi connectivity index (χ3v) is 2.55. The maximum atomic E-state index is 11.6. The monoisotopic (exact) mass is 304 g/mol. The number of aryl methyl sites for hydroxylation is 1. The molecular weight excluding hydrogens is 291 g/mol. The standard InChI is InChI=1S/C10H13IN2O/c1-3-12-10(14)9-6-8(13-11)5-4-7(9)2/h4-6,13H,3H2,1-2H3,(H,12,14). The Labute approximate surface area is 97.8 Å². The summed E-state index contributed by atoms with van der Waals surface area (Å²) >= 11 is 2.04. The summed E-state index contributed by atoms with van der Waals surface area (Å²) < 4.78 is 2.98. The molecule has 0 atom stereocenters. The van der Waals surface area contributed by atoms with Crippen LogP contribution in [-0.2, 0) is 0 Å². The average molecular weight is 304 g/mol. The van der Waals surface area contributed by atoms with Gasteiger partial charge in [0.2, 0.25) is 0 Å². The van der Waals surface area contributed by atoms with Crippen molar-refractivity contribution in [3.63, 3.8) is 0 Å². The van der Waals surface area contributed by atoms with Gasteiger partial charge in [0.25, 0.3) is 5.91 Å². The highest BCUT2D eigenvalue weighted by atomic mass is 127. The van der Waals surface area contributed by atoms with Crippen molar-refractivity contribution in [2.45, 2.75) is 13.8 Å². The highest BCUT2D eigenvalue weighted by Gasteiger charge is 2.07. The van der Waals surface area contributed by atoms with E-state index >= 15 is 0 Å². The van der Waals surface area contributed by atoms with Crippen LogP contribution < -0.4 is 8.85 Å². The first-order chi connectivity index (χ1) is 6.69. The Hall–Kier alpha value is -0.780. The van der Waals surface area contributed by atoms with Crippen molar-refractivity contribution in [1.29, 1.82) is 0 Å². The SMILES string of the molecule is CCNC(=O)c1cc(NI)ccc1C. The first-order valence-corrected chi connectivity index (χ1v) is 5.52. The molecule has 0 fully saturated rings. The quantitative estimate of drug-likeness (QED) is 0.665. The van der Waals surface area contributed by atoms with E-state index in [1.54, 1.807) is 0 Å². The molecule has 2 N–H and O–H groups in total. The van der Waals surface area contributed by atoms with E-state index in [-0.39, 0.29) is 5.91 Å². The fourth-order valence-electron chi connectivity index (χ4n) is 1.18. The fourth-order valence-corrected chi connectivity index (χ4v) is 1.52.